The minimum absolute atomic E-state index is 0.206. The fraction of sp³-hybridized carbons (Fsp3) is 0.286. The predicted molar refractivity (Wildman–Crippen MR) is 132 cm³/mol. The molecule has 0 saturated carbocycles. The van der Waals surface area contributed by atoms with E-state index in [1.165, 1.54) is 24.3 Å². The van der Waals surface area contributed by atoms with Gasteiger partial charge in [0.1, 0.15) is 0 Å². The Labute approximate surface area is 192 Å². The first-order chi connectivity index (χ1) is 15.0. The first-order valence-corrected chi connectivity index (χ1v) is 16.1. The third-order valence-electron chi connectivity index (χ3n) is 5.56. The van der Waals surface area contributed by atoms with Crippen molar-refractivity contribution in [3.05, 3.63) is 59.2 Å². The average molecular weight is 512 g/mol. The van der Waals surface area contributed by atoms with Gasteiger partial charge in [0.05, 0.1) is 7.14 Å². The van der Waals surface area contributed by atoms with E-state index >= 15 is 0 Å². The highest BCUT2D eigenvalue weighted by atomic mass is 31.2. The summed E-state index contributed by atoms with van der Waals surface area (Å²) in [5, 5.41) is -0.0257. The van der Waals surface area contributed by atoms with E-state index < -0.39 is 27.1 Å². The highest BCUT2D eigenvalue weighted by molar-refractivity contribution is 7.79. The number of anilines is 1. The highest BCUT2D eigenvalue weighted by Crippen LogP contribution is 2.66. The van der Waals surface area contributed by atoms with Crippen LogP contribution in [0.15, 0.2) is 42.5 Å². The third-order valence-corrected chi connectivity index (χ3v) is 11.9. The first kappa shape index (κ1) is 25.8. The Morgan fingerprint density at radius 3 is 2.18 bits per heavy atom. The van der Waals surface area contributed by atoms with Gasteiger partial charge in [-0.05, 0) is 62.1 Å². The normalized spacial score (nSPS) is 19.0. The smallest absolute Gasteiger partial charge is 0.339 e. The van der Waals surface area contributed by atoms with Gasteiger partial charge < -0.3 is 30.3 Å². The molecule has 178 valence electrons. The standard InChI is InChI=1S/C21H27N2O7P3/c1-21(22,33(28,29)30)32(26,27)16-7-4-14(5-8-16)12-18-17-9-6-15(10-11-31(2,3)25)13-19(17)23-20(18)24/h4-9,12-13H,10-11,22H2,1-3H3,(H,23,24)(H,26,27)(H2,28,29,30)/b18-12-. The van der Waals surface area contributed by atoms with Gasteiger partial charge in [-0.2, -0.15) is 0 Å². The maximum Gasteiger partial charge on any atom is 0.355 e. The number of aryl methyl sites for hydroxylation is 1. The van der Waals surface area contributed by atoms with Crippen molar-refractivity contribution >= 4 is 50.7 Å². The van der Waals surface area contributed by atoms with E-state index in [-0.39, 0.29) is 11.2 Å². The van der Waals surface area contributed by atoms with Crippen molar-refractivity contribution in [2.24, 2.45) is 5.73 Å². The quantitative estimate of drug-likeness (QED) is 0.279. The average Bonchev–Trinajstić information content (AvgIpc) is 3.00. The molecular weight excluding hydrogens is 485 g/mol. The molecule has 0 spiro atoms. The van der Waals surface area contributed by atoms with Gasteiger partial charge in [-0.1, -0.05) is 24.3 Å². The molecular formula is C21H27N2O7P3. The largest absolute Gasteiger partial charge is 0.355 e. The summed E-state index contributed by atoms with van der Waals surface area (Å²) in [6.45, 7) is 4.33. The van der Waals surface area contributed by atoms with Gasteiger partial charge in [-0.15, -0.1) is 0 Å². The van der Waals surface area contributed by atoms with E-state index in [1.807, 2.05) is 18.2 Å². The number of rotatable bonds is 7. The molecule has 2 unspecified atom stereocenters. The number of carbonyl (C=O) groups excluding carboxylic acids is 1. The molecule has 1 aliphatic rings. The number of nitrogens with one attached hydrogen (secondary N) is 1. The zero-order valence-corrected chi connectivity index (χ0v) is 21.1. The van der Waals surface area contributed by atoms with Crippen LogP contribution in [0.2, 0.25) is 0 Å². The summed E-state index contributed by atoms with van der Waals surface area (Å²) in [6.07, 6.45) is 2.83. The van der Waals surface area contributed by atoms with E-state index in [4.69, 9.17) is 5.73 Å². The lowest BCUT2D eigenvalue weighted by molar-refractivity contribution is -0.110. The Bertz CT molecular complexity index is 1270. The van der Waals surface area contributed by atoms with Crippen LogP contribution in [0.5, 0.6) is 0 Å². The first-order valence-electron chi connectivity index (χ1n) is 10.0. The molecule has 1 aliphatic heterocycles. The van der Waals surface area contributed by atoms with Gasteiger partial charge in [-0.25, -0.2) is 0 Å². The van der Waals surface area contributed by atoms with Gasteiger partial charge in [0.2, 0.25) is 0 Å². The van der Waals surface area contributed by atoms with Crippen LogP contribution in [-0.4, -0.2) is 45.1 Å². The van der Waals surface area contributed by atoms with Gasteiger partial charge in [-0.3, -0.25) is 13.9 Å². The van der Waals surface area contributed by atoms with Crippen LogP contribution in [0, 0.1) is 0 Å². The Kier molecular flexibility index (Phi) is 6.84. The summed E-state index contributed by atoms with van der Waals surface area (Å²) in [4.78, 5) is 41.7. The molecule has 0 aromatic heterocycles. The summed E-state index contributed by atoms with van der Waals surface area (Å²) in [5.41, 5.74) is 8.83. The number of benzene rings is 2. The Morgan fingerprint density at radius 1 is 1.03 bits per heavy atom. The minimum atomic E-state index is -5.07. The summed E-state index contributed by atoms with van der Waals surface area (Å²) in [6, 6.07) is 11.0. The SMILES string of the molecule is CC(N)(P(=O)(O)O)P(=O)(O)c1ccc(/C=C2\C(=O)Nc3cc(CCP(C)(C)=O)ccc32)cc1. The maximum atomic E-state index is 12.7. The topological polar surface area (TPSA) is 167 Å². The van der Waals surface area contributed by atoms with Crippen molar-refractivity contribution in [1.82, 2.24) is 0 Å². The third kappa shape index (κ3) is 5.31. The second kappa shape index (κ2) is 8.75. The van der Waals surface area contributed by atoms with Crippen LogP contribution >= 0.6 is 22.1 Å². The number of nitrogens with two attached hydrogens (primary N) is 1. The summed E-state index contributed by atoms with van der Waals surface area (Å²) in [7, 11) is -11.8. The van der Waals surface area contributed by atoms with Crippen molar-refractivity contribution in [3.63, 3.8) is 0 Å². The van der Waals surface area contributed by atoms with Crippen LogP contribution in [0.25, 0.3) is 11.6 Å². The molecule has 3 rings (SSSR count). The highest BCUT2D eigenvalue weighted by Gasteiger charge is 2.54. The molecule has 12 heteroatoms. The lowest BCUT2D eigenvalue weighted by Crippen LogP contribution is -2.39. The molecule has 1 amide bonds. The summed E-state index contributed by atoms with van der Waals surface area (Å²) >= 11 is 0. The number of hydrogen-bond donors (Lipinski definition) is 5. The van der Waals surface area contributed by atoms with Gasteiger partial charge >= 0.3 is 7.60 Å². The molecule has 9 nitrogen and oxygen atoms in total. The fourth-order valence-electron chi connectivity index (χ4n) is 3.32. The van der Waals surface area contributed by atoms with Crippen LogP contribution in [0.1, 0.15) is 23.6 Å². The molecule has 33 heavy (non-hydrogen) atoms. The Hall–Kier alpha value is -1.82. The molecule has 0 fully saturated rings. The monoisotopic (exact) mass is 512 g/mol. The van der Waals surface area contributed by atoms with Crippen LogP contribution in [0.3, 0.4) is 0 Å². The maximum absolute atomic E-state index is 12.7. The van der Waals surface area contributed by atoms with Crippen LogP contribution in [0.4, 0.5) is 5.69 Å². The number of amides is 1. The molecule has 6 N–H and O–H groups in total. The van der Waals surface area contributed by atoms with E-state index in [0.717, 1.165) is 12.5 Å². The van der Waals surface area contributed by atoms with Crippen LogP contribution < -0.4 is 16.4 Å². The van der Waals surface area contributed by atoms with Crippen LogP contribution in [-0.2, 0) is 24.9 Å². The van der Waals surface area contributed by atoms with E-state index in [1.54, 1.807) is 19.4 Å². The predicted octanol–water partition coefficient (Wildman–Crippen LogP) is 3.05. The Balaban J connectivity index is 1.88. The summed E-state index contributed by atoms with van der Waals surface area (Å²) < 4.78 is 36.3. The van der Waals surface area contributed by atoms with Gasteiger partial charge in [0.25, 0.3) is 13.3 Å². The lowest BCUT2D eigenvalue weighted by atomic mass is 10.0. The summed E-state index contributed by atoms with van der Waals surface area (Å²) in [5.74, 6) is -0.299. The van der Waals surface area contributed by atoms with Crippen molar-refractivity contribution in [2.75, 3.05) is 24.8 Å². The van der Waals surface area contributed by atoms with Gasteiger partial charge in [0, 0.05) is 28.3 Å². The fourth-order valence-corrected chi connectivity index (χ4v) is 6.95. The zero-order valence-electron chi connectivity index (χ0n) is 18.4. The molecule has 0 radical (unpaired) electrons. The molecule has 2 aromatic carbocycles. The second-order valence-corrected chi connectivity index (χ2v) is 17.3. The molecule has 2 aromatic rings. The van der Waals surface area contributed by atoms with Crippen molar-refractivity contribution in [1.29, 1.82) is 0 Å². The van der Waals surface area contributed by atoms with Crippen molar-refractivity contribution in [2.45, 2.75) is 18.4 Å². The number of fused-ring (bicyclic) bond motifs is 1. The second-order valence-electron chi connectivity index (χ2n) is 8.75. The van der Waals surface area contributed by atoms with E-state index in [9.17, 15) is 33.2 Å². The zero-order chi connectivity index (χ0) is 24.8. The molecule has 0 aliphatic carbocycles. The lowest BCUT2D eigenvalue weighted by Gasteiger charge is -2.30. The molecule has 2 atom stereocenters. The number of hydrogen-bond acceptors (Lipinski definition) is 5. The minimum Gasteiger partial charge on any atom is -0.339 e. The van der Waals surface area contributed by atoms with Gasteiger partial charge in [0.15, 0.2) is 5.02 Å². The Morgan fingerprint density at radius 2 is 1.64 bits per heavy atom. The van der Waals surface area contributed by atoms with E-state index in [2.05, 4.69) is 5.32 Å². The molecule has 0 saturated heterocycles. The molecule has 0 bridgehead atoms. The van der Waals surface area contributed by atoms with E-state index in [0.29, 0.717) is 35.0 Å². The van der Waals surface area contributed by atoms with Crippen molar-refractivity contribution < 1.29 is 33.2 Å². The number of carbonyl (C=O) groups is 1. The molecule has 1 heterocycles. The van der Waals surface area contributed by atoms with Crippen molar-refractivity contribution in [3.8, 4) is 0 Å².